The normalized spacial score (nSPS) is 11.0. The summed E-state index contributed by atoms with van der Waals surface area (Å²) in [5.74, 6) is -0.528. The van der Waals surface area contributed by atoms with E-state index in [-0.39, 0.29) is 29.4 Å². The molecule has 7 nitrogen and oxygen atoms in total. The van der Waals surface area contributed by atoms with Crippen LogP contribution in [0.4, 0.5) is 0 Å². The van der Waals surface area contributed by atoms with Crippen molar-refractivity contribution in [2.24, 2.45) is 0 Å². The fourth-order valence-corrected chi connectivity index (χ4v) is 3.17. The van der Waals surface area contributed by atoms with E-state index in [0.29, 0.717) is 5.75 Å². The SMILES string of the molecule is COc1ccc(C(=O)O)cc1S(=O)(=O)NCCOc1ccccc1. The van der Waals surface area contributed by atoms with Crippen molar-refractivity contribution in [1.82, 2.24) is 4.72 Å². The molecule has 0 aromatic heterocycles. The molecule has 8 heteroatoms. The zero-order valence-electron chi connectivity index (χ0n) is 12.9. The second kappa shape index (κ2) is 7.80. The smallest absolute Gasteiger partial charge is 0.335 e. The molecule has 0 radical (unpaired) electrons. The van der Waals surface area contributed by atoms with Crippen LogP contribution in [0.25, 0.3) is 0 Å². The van der Waals surface area contributed by atoms with Crippen LogP contribution in [-0.2, 0) is 10.0 Å². The van der Waals surface area contributed by atoms with Crippen LogP contribution in [0.5, 0.6) is 11.5 Å². The van der Waals surface area contributed by atoms with Gasteiger partial charge in [0.05, 0.1) is 12.7 Å². The van der Waals surface area contributed by atoms with Crippen LogP contribution in [0.1, 0.15) is 10.4 Å². The molecule has 0 fully saturated rings. The van der Waals surface area contributed by atoms with Gasteiger partial charge in [-0.25, -0.2) is 17.9 Å². The molecule has 2 aromatic carbocycles. The Morgan fingerprint density at radius 2 is 1.88 bits per heavy atom. The maximum absolute atomic E-state index is 12.4. The van der Waals surface area contributed by atoms with Crippen LogP contribution < -0.4 is 14.2 Å². The third-order valence-corrected chi connectivity index (χ3v) is 4.59. The van der Waals surface area contributed by atoms with Crippen LogP contribution >= 0.6 is 0 Å². The zero-order valence-corrected chi connectivity index (χ0v) is 13.7. The monoisotopic (exact) mass is 351 g/mol. The summed E-state index contributed by atoms with van der Waals surface area (Å²) in [6.07, 6.45) is 0. The fourth-order valence-electron chi connectivity index (χ4n) is 1.96. The van der Waals surface area contributed by atoms with E-state index >= 15 is 0 Å². The quantitative estimate of drug-likeness (QED) is 0.703. The number of aromatic carboxylic acids is 1. The number of carboxylic acids is 1. The Morgan fingerprint density at radius 3 is 2.50 bits per heavy atom. The van der Waals surface area contributed by atoms with Gasteiger partial charge in [-0.1, -0.05) is 18.2 Å². The highest BCUT2D eigenvalue weighted by Gasteiger charge is 2.21. The maximum atomic E-state index is 12.4. The topological polar surface area (TPSA) is 102 Å². The van der Waals surface area contributed by atoms with Crippen molar-refractivity contribution in [2.45, 2.75) is 4.90 Å². The summed E-state index contributed by atoms with van der Waals surface area (Å²) in [6.45, 7) is 0.155. The standard InChI is InChI=1S/C16H17NO6S/c1-22-14-8-7-12(16(18)19)11-15(14)24(20,21)17-9-10-23-13-5-3-2-4-6-13/h2-8,11,17H,9-10H2,1H3,(H,18,19). The Labute approximate surface area is 139 Å². The van der Waals surface area contributed by atoms with Crippen LogP contribution in [0.2, 0.25) is 0 Å². The van der Waals surface area contributed by atoms with Gasteiger partial charge in [0.1, 0.15) is 23.0 Å². The number of methoxy groups -OCH3 is 1. The van der Waals surface area contributed by atoms with E-state index < -0.39 is 16.0 Å². The summed E-state index contributed by atoms with van der Waals surface area (Å²) >= 11 is 0. The largest absolute Gasteiger partial charge is 0.495 e. The molecule has 0 bridgehead atoms. The number of hydrogen-bond donors (Lipinski definition) is 2. The van der Waals surface area contributed by atoms with E-state index in [1.807, 2.05) is 18.2 Å². The van der Waals surface area contributed by atoms with Gasteiger partial charge >= 0.3 is 5.97 Å². The summed E-state index contributed by atoms with van der Waals surface area (Å²) in [4.78, 5) is 10.8. The first kappa shape index (κ1) is 17.8. The number of sulfonamides is 1. The predicted molar refractivity (Wildman–Crippen MR) is 87.1 cm³/mol. The summed E-state index contributed by atoms with van der Waals surface area (Å²) in [5.41, 5.74) is -0.142. The number of nitrogens with one attached hydrogen (secondary N) is 1. The molecule has 0 heterocycles. The first-order valence-corrected chi connectivity index (χ1v) is 8.51. The van der Waals surface area contributed by atoms with Gasteiger partial charge in [0, 0.05) is 6.54 Å². The van der Waals surface area contributed by atoms with Crippen molar-refractivity contribution in [3.8, 4) is 11.5 Å². The predicted octanol–water partition coefficient (Wildman–Crippen LogP) is 1.75. The van der Waals surface area contributed by atoms with E-state index in [9.17, 15) is 13.2 Å². The van der Waals surface area contributed by atoms with Gasteiger partial charge in [0.15, 0.2) is 0 Å². The molecule has 0 amide bonds. The zero-order chi connectivity index (χ0) is 17.6. The van der Waals surface area contributed by atoms with Gasteiger partial charge in [0.2, 0.25) is 10.0 Å². The van der Waals surface area contributed by atoms with Gasteiger partial charge in [-0.3, -0.25) is 0 Å². The van der Waals surface area contributed by atoms with E-state index in [2.05, 4.69) is 4.72 Å². The van der Waals surface area contributed by atoms with Crippen LogP contribution in [0.15, 0.2) is 53.4 Å². The molecule has 24 heavy (non-hydrogen) atoms. The molecular weight excluding hydrogens is 334 g/mol. The molecule has 2 aromatic rings. The molecule has 0 aliphatic rings. The minimum Gasteiger partial charge on any atom is -0.495 e. The number of para-hydroxylation sites is 1. The molecule has 2 N–H and O–H groups in total. The molecule has 0 aliphatic heterocycles. The summed E-state index contributed by atoms with van der Waals surface area (Å²) in [7, 11) is -2.62. The maximum Gasteiger partial charge on any atom is 0.335 e. The molecule has 0 aliphatic carbocycles. The van der Waals surface area contributed by atoms with Crippen molar-refractivity contribution < 1.29 is 27.8 Å². The second-order valence-electron chi connectivity index (χ2n) is 4.73. The van der Waals surface area contributed by atoms with Gasteiger partial charge in [-0.05, 0) is 30.3 Å². The van der Waals surface area contributed by atoms with E-state index in [1.165, 1.54) is 19.2 Å². The highest BCUT2D eigenvalue weighted by Crippen LogP contribution is 2.24. The third-order valence-electron chi connectivity index (χ3n) is 3.11. The lowest BCUT2D eigenvalue weighted by atomic mass is 10.2. The van der Waals surface area contributed by atoms with E-state index in [0.717, 1.165) is 6.07 Å². The van der Waals surface area contributed by atoms with Crippen molar-refractivity contribution in [1.29, 1.82) is 0 Å². The number of carbonyl (C=O) groups is 1. The van der Waals surface area contributed by atoms with Crippen LogP contribution in [0, 0.1) is 0 Å². The van der Waals surface area contributed by atoms with Gasteiger partial charge in [0.25, 0.3) is 0 Å². The number of benzene rings is 2. The number of carboxylic acid groups (broad SMARTS) is 1. The minimum absolute atomic E-state index is 0.0255. The lowest BCUT2D eigenvalue weighted by Crippen LogP contribution is -2.28. The van der Waals surface area contributed by atoms with Crippen LogP contribution in [-0.4, -0.2) is 39.8 Å². The summed E-state index contributed by atoms with van der Waals surface area (Å²) in [6, 6.07) is 12.6. The average Bonchev–Trinajstić information content (AvgIpc) is 2.59. The molecule has 0 saturated heterocycles. The molecule has 0 atom stereocenters. The lowest BCUT2D eigenvalue weighted by Gasteiger charge is -2.12. The Balaban J connectivity index is 2.06. The third kappa shape index (κ3) is 4.46. The van der Waals surface area contributed by atoms with Gasteiger partial charge < -0.3 is 14.6 Å². The van der Waals surface area contributed by atoms with Crippen molar-refractivity contribution in [2.75, 3.05) is 20.3 Å². The van der Waals surface area contributed by atoms with Crippen molar-refractivity contribution >= 4 is 16.0 Å². The summed E-state index contributed by atoms with van der Waals surface area (Å²) < 4.78 is 37.5. The van der Waals surface area contributed by atoms with Gasteiger partial charge in [-0.2, -0.15) is 0 Å². The Kier molecular flexibility index (Phi) is 5.78. The first-order chi connectivity index (χ1) is 11.4. The molecular formula is C16H17NO6S. The lowest BCUT2D eigenvalue weighted by molar-refractivity contribution is 0.0696. The number of rotatable bonds is 8. The number of hydrogen-bond acceptors (Lipinski definition) is 5. The first-order valence-electron chi connectivity index (χ1n) is 7.03. The van der Waals surface area contributed by atoms with Crippen LogP contribution in [0.3, 0.4) is 0 Å². The highest BCUT2D eigenvalue weighted by atomic mass is 32.2. The molecule has 0 spiro atoms. The average molecular weight is 351 g/mol. The highest BCUT2D eigenvalue weighted by molar-refractivity contribution is 7.89. The molecule has 0 saturated carbocycles. The fraction of sp³-hybridized carbons (Fsp3) is 0.188. The number of ether oxygens (including phenoxy) is 2. The Bertz CT molecular complexity index is 805. The van der Waals surface area contributed by atoms with E-state index in [4.69, 9.17) is 14.6 Å². The van der Waals surface area contributed by atoms with E-state index in [1.54, 1.807) is 12.1 Å². The second-order valence-corrected chi connectivity index (χ2v) is 6.47. The molecule has 0 unspecified atom stereocenters. The molecule has 2 rings (SSSR count). The van der Waals surface area contributed by atoms with Crippen molar-refractivity contribution in [3.63, 3.8) is 0 Å². The Morgan fingerprint density at radius 1 is 1.17 bits per heavy atom. The minimum atomic E-state index is -3.93. The molecule has 128 valence electrons. The van der Waals surface area contributed by atoms with Gasteiger partial charge in [-0.15, -0.1) is 0 Å². The van der Waals surface area contributed by atoms with Crippen molar-refractivity contribution in [3.05, 3.63) is 54.1 Å². The Hall–Kier alpha value is -2.58. The summed E-state index contributed by atoms with van der Waals surface area (Å²) in [5, 5.41) is 9.00.